The minimum atomic E-state index is -0.317. The molecule has 0 aliphatic carbocycles. The van der Waals surface area contributed by atoms with Crippen LogP contribution < -0.4 is 14.5 Å². The number of hydrogen-bond acceptors (Lipinski definition) is 4. The van der Waals surface area contributed by atoms with Crippen LogP contribution in [-0.2, 0) is 48.1 Å². The van der Waals surface area contributed by atoms with Crippen molar-refractivity contribution < 1.29 is 25.8 Å². The maximum atomic E-state index is 6.87. The molecule has 0 N–H and O–H groups in total. The van der Waals surface area contributed by atoms with Gasteiger partial charge < -0.3 is 19.1 Å². The Bertz CT molecular complexity index is 2820. The van der Waals surface area contributed by atoms with Gasteiger partial charge in [0.1, 0.15) is 5.82 Å². The summed E-state index contributed by atoms with van der Waals surface area (Å²) in [5.41, 5.74) is 10.9. The van der Waals surface area contributed by atoms with Crippen molar-refractivity contribution in [2.45, 2.75) is 124 Å². The summed E-state index contributed by atoms with van der Waals surface area (Å²) in [7, 11) is 0. The van der Waals surface area contributed by atoms with E-state index in [-0.39, 0.29) is 48.1 Å². The van der Waals surface area contributed by atoms with Gasteiger partial charge in [-0.2, -0.15) is 6.07 Å². The van der Waals surface area contributed by atoms with Gasteiger partial charge >= 0.3 is 0 Å². The second-order valence-corrected chi connectivity index (χ2v) is 21.7. The van der Waals surface area contributed by atoms with Crippen molar-refractivity contribution in [1.82, 2.24) is 9.55 Å². The van der Waals surface area contributed by atoms with Gasteiger partial charge in [0.2, 0.25) is 0 Å². The molecule has 0 unspecified atom stereocenters. The predicted molar refractivity (Wildman–Crippen MR) is 261 cm³/mol. The number of aromatic nitrogens is 2. The van der Waals surface area contributed by atoms with E-state index < -0.39 is 0 Å². The van der Waals surface area contributed by atoms with Crippen molar-refractivity contribution in [3.63, 3.8) is 0 Å². The van der Waals surface area contributed by atoms with E-state index in [1.54, 1.807) is 0 Å². The number of nitrogens with zero attached hydrogens (tertiary/aromatic N) is 4. The van der Waals surface area contributed by atoms with E-state index in [9.17, 15) is 0 Å². The Labute approximate surface area is 391 Å². The number of anilines is 2. The summed E-state index contributed by atoms with van der Waals surface area (Å²) in [6.07, 6.45) is 4.19. The van der Waals surface area contributed by atoms with Gasteiger partial charge in [-0.05, 0) is 85.8 Å². The van der Waals surface area contributed by atoms with E-state index >= 15 is 0 Å². The van der Waals surface area contributed by atoms with Crippen molar-refractivity contribution in [2.24, 2.45) is 0 Å². The van der Waals surface area contributed by atoms with E-state index in [2.05, 4.69) is 239 Å². The predicted octanol–water partition coefficient (Wildman–Crippen LogP) is 15.0. The fourth-order valence-corrected chi connectivity index (χ4v) is 8.31. The summed E-state index contributed by atoms with van der Waals surface area (Å²) in [5, 5.41) is 2.28. The molecule has 5 nitrogen and oxygen atoms in total. The fraction of sp³-hybridized carbons (Fsp3) is 0.333. The normalized spacial score (nSPS) is 14.0. The quantitative estimate of drug-likeness (QED) is 0.149. The molecule has 0 spiro atoms. The molecule has 7 aromatic rings. The molecule has 6 heteroatoms. The third-order valence-corrected chi connectivity index (χ3v) is 12.4. The van der Waals surface area contributed by atoms with Gasteiger partial charge in [-0.25, -0.2) is 4.98 Å². The van der Waals surface area contributed by atoms with Crippen molar-refractivity contribution in [2.75, 3.05) is 9.80 Å². The van der Waals surface area contributed by atoms with E-state index in [4.69, 9.17) is 9.72 Å². The van der Waals surface area contributed by atoms with Crippen LogP contribution in [0.15, 0.2) is 127 Å². The number of pyridine rings is 1. The molecular formula is C57H63N4OPt-3. The molecule has 8 rings (SSSR count). The molecule has 0 radical (unpaired) electrons. The van der Waals surface area contributed by atoms with Gasteiger partial charge in [-0.3, -0.25) is 0 Å². The Morgan fingerprint density at radius 2 is 1.17 bits per heavy atom. The first-order valence-electron chi connectivity index (χ1n) is 22.0. The van der Waals surface area contributed by atoms with Crippen LogP contribution in [0.4, 0.5) is 11.4 Å². The van der Waals surface area contributed by atoms with Gasteiger partial charge in [0.05, 0.1) is 0 Å². The van der Waals surface area contributed by atoms with Gasteiger partial charge in [-0.1, -0.05) is 157 Å². The summed E-state index contributed by atoms with van der Waals surface area (Å²) < 4.78 is 9.11. The zero-order valence-electron chi connectivity index (χ0n) is 39.6. The molecule has 330 valence electrons. The third-order valence-electron chi connectivity index (χ3n) is 12.4. The Balaban J connectivity index is 0.00000595. The smallest absolute Gasteiger partial charge is 0.135 e. The van der Waals surface area contributed by atoms with Crippen molar-refractivity contribution >= 4 is 33.2 Å². The second kappa shape index (κ2) is 16.5. The Kier molecular flexibility index (Phi) is 12.0. The molecule has 1 aliphatic rings. The maximum absolute atomic E-state index is 6.87. The first kappa shape index (κ1) is 45.9. The topological polar surface area (TPSA) is 33.5 Å². The summed E-state index contributed by atoms with van der Waals surface area (Å²) in [5.74, 6) is 2.11. The molecule has 0 amide bonds. The third kappa shape index (κ3) is 9.14. The standard InChI is InChI=1S/C57H63N4O.Pt/c1-53(2,3)39-21-18-22-43(29-39)60-37-59(36-51(60)57(13,14)38-19-16-15-17-20-38)44-30-42(56(10,11)12)31-46(34-44)62-45-24-25-47-48-32-40(54(4,5)6)23-26-49(48)61(50(47)35-45)52-33-41(27-28-58-52)55(7,8)9;/h15-33,36-37H,1-14H3;/q-3;. The van der Waals surface area contributed by atoms with E-state index in [1.165, 1.54) is 27.6 Å². The monoisotopic (exact) mass is 1010 g/mol. The first-order chi connectivity index (χ1) is 29.0. The number of rotatable bonds is 7. The molecule has 0 saturated carbocycles. The second-order valence-electron chi connectivity index (χ2n) is 21.7. The largest absolute Gasteiger partial charge is 0.509 e. The van der Waals surface area contributed by atoms with Crippen LogP contribution in [0.25, 0.3) is 27.6 Å². The van der Waals surface area contributed by atoms with Crippen LogP contribution in [-0.4, -0.2) is 9.55 Å². The Morgan fingerprint density at radius 1 is 0.540 bits per heavy atom. The van der Waals surface area contributed by atoms with Gasteiger partial charge in [-0.15, -0.1) is 53.6 Å². The van der Waals surface area contributed by atoms with Crippen molar-refractivity contribution in [3.8, 4) is 17.3 Å². The van der Waals surface area contributed by atoms with Crippen molar-refractivity contribution in [3.05, 3.63) is 174 Å². The summed E-state index contributed by atoms with van der Waals surface area (Å²) in [6, 6.07) is 46.8. The molecule has 63 heavy (non-hydrogen) atoms. The van der Waals surface area contributed by atoms with Crippen LogP contribution in [0.3, 0.4) is 0 Å². The van der Waals surface area contributed by atoms with Gasteiger partial charge in [0.25, 0.3) is 0 Å². The summed E-state index contributed by atoms with van der Waals surface area (Å²) >= 11 is 0. The van der Waals surface area contributed by atoms with Crippen LogP contribution in [0.1, 0.15) is 125 Å². The van der Waals surface area contributed by atoms with Crippen LogP contribution >= 0.6 is 0 Å². The maximum Gasteiger partial charge on any atom is 0.135 e. The van der Waals surface area contributed by atoms with Crippen molar-refractivity contribution in [1.29, 1.82) is 0 Å². The number of benzene rings is 5. The van der Waals surface area contributed by atoms with Crippen LogP contribution in [0.2, 0.25) is 0 Å². The number of hydrogen-bond donors (Lipinski definition) is 0. The number of fused-ring (bicyclic) bond motifs is 3. The minimum absolute atomic E-state index is 0. The summed E-state index contributed by atoms with van der Waals surface area (Å²) in [4.78, 5) is 9.49. The van der Waals surface area contributed by atoms with Gasteiger partial charge in [0.15, 0.2) is 0 Å². The molecular weight excluding hydrogens is 952 g/mol. The minimum Gasteiger partial charge on any atom is -0.509 e. The Hall–Kier alpha value is -5.12. The van der Waals surface area contributed by atoms with Crippen LogP contribution in [0.5, 0.6) is 11.5 Å². The molecule has 2 aromatic heterocycles. The average Bonchev–Trinajstić information content (AvgIpc) is 3.80. The molecule has 0 saturated heterocycles. The zero-order valence-corrected chi connectivity index (χ0v) is 41.9. The van der Waals surface area contributed by atoms with E-state index in [0.717, 1.165) is 44.9 Å². The van der Waals surface area contributed by atoms with E-state index in [1.807, 2.05) is 12.3 Å². The molecule has 0 fully saturated rings. The molecule has 1 aliphatic heterocycles. The number of ether oxygens (including phenoxy) is 1. The zero-order chi connectivity index (χ0) is 44.6. The summed E-state index contributed by atoms with van der Waals surface area (Å²) in [6.45, 7) is 33.9. The first-order valence-corrected chi connectivity index (χ1v) is 22.0. The molecule has 0 atom stereocenters. The van der Waals surface area contributed by atoms with Gasteiger partial charge in [0, 0.05) is 61.1 Å². The van der Waals surface area contributed by atoms with E-state index in [0.29, 0.717) is 11.5 Å². The average molecular weight is 1020 g/mol. The molecule has 5 aromatic carbocycles. The molecule has 3 heterocycles. The van der Waals surface area contributed by atoms with Crippen LogP contribution in [0, 0.1) is 18.8 Å². The fourth-order valence-electron chi connectivity index (χ4n) is 8.31. The Morgan fingerprint density at radius 3 is 1.84 bits per heavy atom. The molecule has 0 bridgehead atoms. The SMILES string of the molecule is CC(C)(C)c1cc(Oc2[c-]c3c(cc2)c2cc(C(C)(C)C)ccc2n3-c2cc(C(C)(C)C)ccn2)[c-]c(N2C=C(C(C)(C)c3ccccc3)N(c3cccc(C(C)(C)C)c3)[CH-]2)c1.[Pt]. The number of allylic oxidation sites excluding steroid dienone is 1.